The number of aryl methyl sites for hydroxylation is 1. The largest absolute Gasteiger partial charge is 0.492 e. The van der Waals surface area contributed by atoms with Crippen LogP contribution in [0.4, 0.5) is 0 Å². The van der Waals surface area contributed by atoms with Crippen molar-refractivity contribution in [1.82, 2.24) is 13.8 Å². The molecule has 9 heteroatoms. The van der Waals surface area contributed by atoms with E-state index in [1.807, 2.05) is 34.8 Å². The molecule has 1 aromatic heterocycles. The van der Waals surface area contributed by atoms with Crippen LogP contribution in [0.3, 0.4) is 0 Å². The molecular weight excluding hydrogens is 418 g/mol. The highest BCUT2D eigenvalue weighted by Gasteiger charge is 2.43. The summed E-state index contributed by atoms with van der Waals surface area (Å²) < 4.78 is 41.4. The molecule has 0 aliphatic carbocycles. The fraction of sp³-hybridized carbons (Fsp3) is 0.500. The number of sulfonamides is 1. The van der Waals surface area contributed by atoms with Crippen LogP contribution in [0.25, 0.3) is 0 Å². The molecule has 2 aliphatic rings. The Morgan fingerprint density at radius 3 is 2.58 bits per heavy atom. The van der Waals surface area contributed by atoms with Crippen molar-refractivity contribution in [1.29, 1.82) is 0 Å². The molecule has 1 saturated heterocycles. The first kappa shape index (κ1) is 21.9. The summed E-state index contributed by atoms with van der Waals surface area (Å²) in [6, 6.07) is 10.5. The average molecular weight is 448 g/mol. The van der Waals surface area contributed by atoms with Crippen molar-refractivity contribution in [3.8, 4) is 5.75 Å². The zero-order chi connectivity index (χ0) is 22.1. The first-order valence-corrected chi connectivity index (χ1v) is 11.9. The molecule has 3 heterocycles. The van der Waals surface area contributed by atoms with Crippen molar-refractivity contribution in [3.63, 3.8) is 0 Å². The Labute approximate surface area is 183 Å². The van der Waals surface area contributed by atoms with Gasteiger partial charge in [0.2, 0.25) is 10.0 Å². The number of hydrogen-bond donors (Lipinski definition) is 0. The molecule has 2 aromatic rings. The zero-order valence-electron chi connectivity index (χ0n) is 18.0. The molecule has 1 spiro atoms. The number of amides is 1. The highest BCUT2D eigenvalue weighted by molar-refractivity contribution is 7.89. The molecule has 0 saturated carbocycles. The van der Waals surface area contributed by atoms with Crippen LogP contribution in [-0.4, -0.2) is 74.6 Å². The lowest BCUT2D eigenvalue weighted by Gasteiger charge is -2.45. The zero-order valence-corrected chi connectivity index (χ0v) is 18.8. The maximum Gasteiger partial charge on any atom is 0.270 e. The molecule has 1 amide bonds. The summed E-state index contributed by atoms with van der Waals surface area (Å²) in [4.78, 5) is 14.9. The molecule has 8 nitrogen and oxygen atoms in total. The quantitative estimate of drug-likeness (QED) is 0.716. The summed E-state index contributed by atoms with van der Waals surface area (Å²) in [6.07, 6.45) is 3.20. The van der Waals surface area contributed by atoms with E-state index in [0.717, 1.165) is 0 Å². The van der Waals surface area contributed by atoms with Gasteiger partial charge in [-0.1, -0.05) is 12.1 Å². The minimum absolute atomic E-state index is 0.00307. The predicted molar refractivity (Wildman–Crippen MR) is 116 cm³/mol. The number of rotatable bonds is 4. The van der Waals surface area contributed by atoms with Crippen LogP contribution in [0.15, 0.2) is 47.5 Å². The van der Waals surface area contributed by atoms with Gasteiger partial charge in [0.25, 0.3) is 5.91 Å². The Balaban J connectivity index is 1.58. The Morgan fingerprint density at radius 1 is 1.16 bits per heavy atom. The predicted octanol–water partition coefficient (Wildman–Crippen LogP) is 1.98. The van der Waals surface area contributed by atoms with Crippen LogP contribution in [-0.2, 0) is 21.8 Å². The van der Waals surface area contributed by atoms with Gasteiger partial charge in [0, 0.05) is 51.9 Å². The number of ether oxygens (including phenoxy) is 2. The lowest BCUT2D eigenvalue weighted by atomic mass is 9.78. The number of benzene rings is 1. The lowest BCUT2D eigenvalue weighted by molar-refractivity contribution is 0.0271. The van der Waals surface area contributed by atoms with Crippen molar-refractivity contribution in [3.05, 3.63) is 48.3 Å². The number of carbonyl (C=O) groups is 1. The van der Waals surface area contributed by atoms with E-state index in [1.54, 1.807) is 31.4 Å². The lowest BCUT2D eigenvalue weighted by Crippen LogP contribution is -2.53. The average Bonchev–Trinajstić information content (AvgIpc) is 3.20. The number of fused-ring (bicyclic) bond motifs is 1. The molecule has 0 N–H and O–H groups in total. The molecule has 0 bridgehead atoms. The maximum atomic E-state index is 13.4. The third kappa shape index (κ3) is 4.22. The number of methoxy groups -OCH3 is 1. The van der Waals surface area contributed by atoms with Crippen molar-refractivity contribution >= 4 is 15.9 Å². The minimum atomic E-state index is -3.72. The molecule has 0 atom stereocenters. The van der Waals surface area contributed by atoms with Gasteiger partial charge in [-0.05, 0) is 37.1 Å². The third-order valence-electron chi connectivity index (χ3n) is 6.33. The number of nitrogens with zero attached hydrogens (tertiary/aromatic N) is 3. The van der Waals surface area contributed by atoms with E-state index in [2.05, 4.69) is 0 Å². The Kier molecular flexibility index (Phi) is 6.09. The second-order valence-corrected chi connectivity index (χ2v) is 10.3. The molecule has 1 aromatic carbocycles. The van der Waals surface area contributed by atoms with Gasteiger partial charge in [0.15, 0.2) is 0 Å². The standard InChI is InChI=1S/C22H29N3O5S/c1-23-11-5-6-18(23)21(26)24-12-9-22(10-13-24)16-25(14-15-29-2)31(27,28)20-8-4-3-7-19(20)30-17-22/h3-8,11H,9-10,12-17H2,1-2H3. The van der Waals surface area contributed by atoms with Crippen LogP contribution in [0.2, 0.25) is 0 Å². The first-order chi connectivity index (χ1) is 14.9. The van der Waals surface area contributed by atoms with Gasteiger partial charge in [-0.25, -0.2) is 8.42 Å². The molecule has 0 radical (unpaired) electrons. The number of likely N-dealkylation sites (tertiary alicyclic amines) is 1. The first-order valence-electron chi connectivity index (χ1n) is 10.5. The summed E-state index contributed by atoms with van der Waals surface area (Å²) in [5.41, 5.74) is 0.294. The Hall–Kier alpha value is -2.36. The van der Waals surface area contributed by atoms with Crippen molar-refractivity contribution < 1.29 is 22.7 Å². The van der Waals surface area contributed by atoms with Gasteiger partial charge >= 0.3 is 0 Å². The van der Waals surface area contributed by atoms with Crippen LogP contribution in [0, 0.1) is 5.41 Å². The van der Waals surface area contributed by atoms with Gasteiger partial charge in [0.1, 0.15) is 16.3 Å². The van der Waals surface area contributed by atoms with Crippen LogP contribution in [0.5, 0.6) is 5.75 Å². The maximum absolute atomic E-state index is 13.4. The second-order valence-electron chi connectivity index (χ2n) is 8.36. The summed E-state index contributed by atoms with van der Waals surface area (Å²) >= 11 is 0. The van der Waals surface area contributed by atoms with E-state index in [-0.39, 0.29) is 22.8 Å². The molecular formula is C22H29N3O5S. The van der Waals surface area contributed by atoms with Gasteiger partial charge < -0.3 is 18.9 Å². The normalized spacial score (nSPS) is 20.5. The number of piperidine rings is 1. The van der Waals surface area contributed by atoms with Crippen LogP contribution in [0.1, 0.15) is 23.3 Å². The van der Waals surface area contributed by atoms with Crippen molar-refractivity contribution in [2.75, 3.05) is 46.5 Å². The van der Waals surface area contributed by atoms with E-state index in [0.29, 0.717) is 57.1 Å². The third-order valence-corrected chi connectivity index (χ3v) is 8.22. The van der Waals surface area contributed by atoms with Gasteiger partial charge in [0.05, 0.1) is 13.2 Å². The van der Waals surface area contributed by atoms with Gasteiger partial charge in [-0.15, -0.1) is 0 Å². The summed E-state index contributed by atoms with van der Waals surface area (Å²) in [7, 11) is -0.292. The Bertz CT molecular complexity index is 1040. The van der Waals surface area contributed by atoms with E-state index in [4.69, 9.17) is 9.47 Å². The number of hydrogen-bond acceptors (Lipinski definition) is 5. The molecule has 4 rings (SSSR count). The fourth-order valence-corrected chi connectivity index (χ4v) is 6.05. The van der Waals surface area contributed by atoms with Crippen molar-refractivity contribution in [2.45, 2.75) is 17.7 Å². The number of carbonyl (C=O) groups excluding carboxylic acids is 1. The molecule has 31 heavy (non-hydrogen) atoms. The molecule has 2 aliphatic heterocycles. The summed E-state index contributed by atoms with van der Waals surface area (Å²) in [6.45, 7) is 2.48. The van der Waals surface area contributed by atoms with Crippen LogP contribution < -0.4 is 4.74 Å². The monoisotopic (exact) mass is 447 g/mol. The minimum Gasteiger partial charge on any atom is -0.492 e. The summed E-state index contributed by atoms with van der Waals surface area (Å²) in [5, 5.41) is 0. The SMILES string of the molecule is COCCN1CC2(CCN(C(=O)c3cccn3C)CC2)COc2ccccc2S1(=O)=O. The van der Waals surface area contributed by atoms with Gasteiger partial charge in [-0.3, -0.25) is 4.79 Å². The van der Waals surface area contributed by atoms with Crippen LogP contribution >= 0.6 is 0 Å². The molecule has 168 valence electrons. The van der Waals surface area contributed by atoms with E-state index in [9.17, 15) is 13.2 Å². The van der Waals surface area contributed by atoms with Crippen molar-refractivity contribution in [2.24, 2.45) is 12.5 Å². The van der Waals surface area contributed by atoms with Gasteiger partial charge in [-0.2, -0.15) is 4.31 Å². The fourth-order valence-electron chi connectivity index (χ4n) is 4.38. The number of aromatic nitrogens is 1. The number of para-hydroxylation sites is 1. The van der Waals surface area contributed by atoms with E-state index < -0.39 is 10.0 Å². The molecule has 0 unspecified atom stereocenters. The van der Waals surface area contributed by atoms with E-state index in [1.165, 1.54) is 4.31 Å². The topological polar surface area (TPSA) is 81.1 Å². The second kappa shape index (κ2) is 8.64. The van der Waals surface area contributed by atoms with E-state index >= 15 is 0 Å². The highest BCUT2D eigenvalue weighted by Crippen LogP contribution is 2.39. The Morgan fingerprint density at radius 2 is 1.90 bits per heavy atom. The highest BCUT2D eigenvalue weighted by atomic mass is 32.2. The smallest absolute Gasteiger partial charge is 0.270 e. The molecule has 1 fully saturated rings. The summed E-state index contributed by atoms with van der Waals surface area (Å²) in [5.74, 6) is 0.384.